The van der Waals surface area contributed by atoms with Gasteiger partial charge in [0.25, 0.3) is 0 Å². The number of hydrogen-bond acceptors (Lipinski definition) is 1. The first kappa shape index (κ1) is 16.0. The summed E-state index contributed by atoms with van der Waals surface area (Å²) in [7, 11) is 0. The fourth-order valence-electron chi connectivity index (χ4n) is 2.07. The summed E-state index contributed by atoms with van der Waals surface area (Å²) in [5, 5.41) is 3.14. The van der Waals surface area contributed by atoms with Crippen molar-refractivity contribution >= 4 is 0 Å². The summed E-state index contributed by atoms with van der Waals surface area (Å²) < 4.78 is 36.7. The molecule has 0 radical (unpaired) electrons. The lowest BCUT2D eigenvalue weighted by atomic mass is 10.0. The maximum Gasteiger partial charge on any atom is 0.389 e. The minimum absolute atomic E-state index is 0.0621. The fraction of sp³-hybridized carbons (Fsp3) is 0.600. The van der Waals surface area contributed by atoms with Crippen molar-refractivity contribution in [1.29, 1.82) is 0 Å². The Hall–Kier alpha value is -1.03. The minimum Gasteiger partial charge on any atom is -0.314 e. The number of hydrogen-bond donors (Lipinski definition) is 1. The van der Waals surface area contributed by atoms with Crippen LogP contribution in [0.2, 0.25) is 0 Å². The van der Waals surface area contributed by atoms with Crippen LogP contribution in [-0.4, -0.2) is 18.8 Å². The molecule has 0 saturated carbocycles. The van der Waals surface area contributed by atoms with Crippen LogP contribution in [0, 0.1) is 6.92 Å². The van der Waals surface area contributed by atoms with Crippen molar-refractivity contribution in [2.24, 2.45) is 0 Å². The molecule has 0 spiro atoms. The predicted octanol–water partition coefficient (Wildman–Crippen LogP) is 4.25. The van der Waals surface area contributed by atoms with E-state index in [-0.39, 0.29) is 12.5 Å². The normalized spacial score (nSPS) is 13.5. The van der Waals surface area contributed by atoms with Gasteiger partial charge in [-0.15, -0.1) is 0 Å². The highest BCUT2D eigenvalue weighted by atomic mass is 19.4. The highest BCUT2D eigenvalue weighted by Crippen LogP contribution is 2.23. The average Bonchev–Trinajstić information content (AvgIpc) is 2.34. The molecule has 0 saturated heterocycles. The van der Waals surface area contributed by atoms with E-state index in [1.807, 2.05) is 38.1 Å². The molecule has 1 atom stereocenters. The zero-order valence-electron chi connectivity index (χ0n) is 11.6. The second kappa shape index (κ2) is 7.53. The molecule has 1 aromatic carbocycles. The molecule has 0 fully saturated rings. The molecule has 1 unspecified atom stereocenters. The summed E-state index contributed by atoms with van der Waals surface area (Å²) in [4.78, 5) is 0. The van der Waals surface area contributed by atoms with Crippen molar-refractivity contribution in [3.63, 3.8) is 0 Å². The van der Waals surface area contributed by atoms with E-state index in [9.17, 15) is 13.2 Å². The number of nitrogens with one attached hydrogen (secondary N) is 1. The first-order chi connectivity index (χ1) is 8.90. The zero-order valence-corrected chi connectivity index (χ0v) is 11.6. The first-order valence-electron chi connectivity index (χ1n) is 6.76. The van der Waals surface area contributed by atoms with E-state index in [1.165, 1.54) is 11.1 Å². The monoisotopic (exact) mass is 273 g/mol. The van der Waals surface area contributed by atoms with Crippen molar-refractivity contribution < 1.29 is 13.2 Å². The summed E-state index contributed by atoms with van der Waals surface area (Å²) >= 11 is 0. The average molecular weight is 273 g/mol. The third-order valence-electron chi connectivity index (χ3n) is 3.17. The second-order valence-corrected chi connectivity index (χ2v) is 4.93. The molecule has 1 rings (SSSR count). The van der Waals surface area contributed by atoms with Gasteiger partial charge < -0.3 is 5.32 Å². The third kappa shape index (κ3) is 7.21. The molecule has 1 nitrogen and oxygen atoms in total. The third-order valence-corrected chi connectivity index (χ3v) is 3.17. The van der Waals surface area contributed by atoms with E-state index in [0.717, 1.165) is 12.8 Å². The summed E-state index contributed by atoms with van der Waals surface area (Å²) in [5.74, 6) is 0. The van der Waals surface area contributed by atoms with E-state index in [0.29, 0.717) is 6.54 Å². The summed E-state index contributed by atoms with van der Waals surface area (Å²) in [5.41, 5.74) is 2.38. The fourth-order valence-corrected chi connectivity index (χ4v) is 2.07. The molecule has 19 heavy (non-hydrogen) atoms. The number of alkyl halides is 3. The molecule has 108 valence electrons. The van der Waals surface area contributed by atoms with Gasteiger partial charge in [0.2, 0.25) is 0 Å². The Bertz CT molecular complexity index is 357. The summed E-state index contributed by atoms with van der Waals surface area (Å²) in [6, 6.07) is 8.10. The lowest BCUT2D eigenvalue weighted by Crippen LogP contribution is -2.30. The van der Waals surface area contributed by atoms with Crippen LogP contribution in [0.1, 0.15) is 37.3 Å². The molecule has 0 aliphatic heterocycles. The van der Waals surface area contributed by atoms with Gasteiger partial charge in [0.15, 0.2) is 0 Å². The second-order valence-electron chi connectivity index (χ2n) is 4.93. The van der Waals surface area contributed by atoms with E-state index in [1.54, 1.807) is 0 Å². The van der Waals surface area contributed by atoms with Crippen LogP contribution < -0.4 is 5.32 Å². The van der Waals surface area contributed by atoms with E-state index in [4.69, 9.17) is 0 Å². The van der Waals surface area contributed by atoms with Gasteiger partial charge >= 0.3 is 6.18 Å². The molecule has 0 aliphatic rings. The molecule has 0 aliphatic carbocycles. The van der Waals surface area contributed by atoms with Crippen molar-refractivity contribution in [2.75, 3.05) is 6.54 Å². The van der Waals surface area contributed by atoms with Crippen LogP contribution in [0.3, 0.4) is 0 Å². The summed E-state index contributed by atoms with van der Waals surface area (Å²) in [6.45, 7) is 4.65. The molecule has 1 aromatic rings. The van der Waals surface area contributed by atoms with Gasteiger partial charge in [0.1, 0.15) is 0 Å². The first-order valence-corrected chi connectivity index (χ1v) is 6.76. The highest BCUT2D eigenvalue weighted by molar-refractivity contribution is 5.21. The molecule has 0 aromatic heterocycles. The van der Waals surface area contributed by atoms with Crippen molar-refractivity contribution in [3.05, 3.63) is 35.4 Å². The maximum atomic E-state index is 12.2. The number of rotatable bonds is 7. The quantitative estimate of drug-likeness (QED) is 0.783. The van der Waals surface area contributed by atoms with E-state index < -0.39 is 12.6 Å². The van der Waals surface area contributed by atoms with Crippen LogP contribution in [0.5, 0.6) is 0 Å². The lowest BCUT2D eigenvalue weighted by molar-refractivity contribution is -0.136. The Morgan fingerprint density at radius 1 is 1.11 bits per heavy atom. The van der Waals surface area contributed by atoms with Gasteiger partial charge in [-0.3, -0.25) is 0 Å². The van der Waals surface area contributed by atoms with Crippen LogP contribution in [-0.2, 0) is 6.42 Å². The maximum absolute atomic E-state index is 12.2. The van der Waals surface area contributed by atoms with E-state index in [2.05, 4.69) is 5.32 Å². The van der Waals surface area contributed by atoms with Crippen molar-refractivity contribution in [1.82, 2.24) is 5.32 Å². The van der Waals surface area contributed by atoms with Gasteiger partial charge in [-0.25, -0.2) is 0 Å². The zero-order chi connectivity index (χ0) is 14.3. The van der Waals surface area contributed by atoms with Crippen LogP contribution in [0.15, 0.2) is 24.3 Å². The molecule has 0 bridgehead atoms. The number of benzene rings is 1. The minimum atomic E-state index is -4.06. The Morgan fingerprint density at radius 3 is 2.26 bits per heavy atom. The number of aryl methyl sites for hydroxylation is 2. The molecular weight excluding hydrogens is 251 g/mol. The Labute approximate surface area is 113 Å². The molecule has 0 amide bonds. The summed E-state index contributed by atoms with van der Waals surface area (Å²) in [6.07, 6.45) is -3.05. The van der Waals surface area contributed by atoms with Gasteiger partial charge in [0, 0.05) is 12.5 Å². The van der Waals surface area contributed by atoms with Gasteiger partial charge in [-0.05, 0) is 38.3 Å². The van der Waals surface area contributed by atoms with Gasteiger partial charge in [-0.1, -0.05) is 36.8 Å². The predicted molar refractivity (Wildman–Crippen MR) is 72.3 cm³/mol. The largest absolute Gasteiger partial charge is 0.389 e. The SMILES string of the molecule is CCNC(CCc1ccc(C)cc1)CCC(F)(F)F. The van der Waals surface area contributed by atoms with Crippen molar-refractivity contribution in [3.8, 4) is 0 Å². The number of halogens is 3. The Morgan fingerprint density at radius 2 is 1.74 bits per heavy atom. The van der Waals surface area contributed by atoms with Crippen molar-refractivity contribution in [2.45, 2.75) is 51.7 Å². The lowest BCUT2D eigenvalue weighted by Gasteiger charge is -2.18. The topological polar surface area (TPSA) is 12.0 Å². The van der Waals surface area contributed by atoms with Gasteiger partial charge in [-0.2, -0.15) is 13.2 Å². The molecule has 4 heteroatoms. The molecule has 1 N–H and O–H groups in total. The highest BCUT2D eigenvalue weighted by Gasteiger charge is 2.27. The standard InChI is InChI=1S/C15H22F3N/c1-3-19-14(10-11-15(16,17)18)9-8-13-6-4-12(2)5-7-13/h4-7,14,19H,3,8-11H2,1-2H3. The van der Waals surface area contributed by atoms with Crippen LogP contribution in [0.4, 0.5) is 13.2 Å². The molecular formula is C15H22F3N. The van der Waals surface area contributed by atoms with Crippen LogP contribution in [0.25, 0.3) is 0 Å². The Balaban J connectivity index is 2.42. The smallest absolute Gasteiger partial charge is 0.314 e. The van der Waals surface area contributed by atoms with Gasteiger partial charge in [0.05, 0.1) is 0 Å². The van der Waals surface area contributed by atoms with E-state index >= 15 is 0 Å². The Kier molecular flexibility index (Phi) is 6.35. The molecule has 0 heterocycles. The van der Waals surface area contributed by atoms with Crippen LogP contribution >= 0.6 is 0 Å².